The zero-order valence-electron chi connectivity index (χ0n) is 22.1. The van der Waals surface area contributed by atoms with Gasteiger partial charge in [0.15, 0.2) is 0 Å². The lowest BCUT2D eigenvalue weighted by atomic mass is 9.58. The summed E-state index contributed by atoms with van der Waals surface area (Å²) in [7, 11) is 1.98. The Hall–Kier alpha value is -3.59. The summed E-state index contributed by atoms with van der Waals surface area (Å²) < 4.78 is 16.0. The molecule has 4 heterocycles. The molecule has 38 heavy (non-hydrogen) atoms. The number of amides is 1. The second kappa shape index (κ2) is 9.62. The molecular weight excluding hydrogens is 481 g/mol. The first kappa shape index (κ1) is 24.7. The average molecular weight is 516 g/mol. The predicted octanol–water partition coefficient (Wildman–Crippen LogP) is 4.84. The fourth-order valence-corrected chi connectivity index (χ4v) is 6.42. The van der Waals surface area contributed by atoms with Crippen LogP contribution in [0.4, 0.5) is 10.1 Å². The van der Waals surface area contributed by atoms with Crippen LogP contribution in [-0.2, 0) is 19.0 Å². The lowest BCUT2D eigenvalue weighted by Crippen LogP contribution is -2.43. The molecule has 0 radical (unpaired) electrons. The number of nitrogens with one attached hydrogen (secondary N) is 2. The monoisotopic (exact) mass is 515 g/mol. The van der Waals surface area contributed by atoms with Crippen molar-refractivity contribution in [2.45, 2.75) is 51.2 Å². The zero-order valence-corrected chi connectivity index (χ0v) is 22.1. The number of piperidine rings is 1. The van der Waals surface area contributed by atoms with E-state index >= 15 is 0 Å². The Labute approximate surface area is 221 Å². The highest BCUT2D eigenvalue weighted by atomic mass is 19.1. The first-order valence-corrected chi connectivity index (χ1v) is 13.4. The molecule has 2 atom stereocenters. The lowest BCUT2D eigenvalue weighted by molar-refractivity contribution is 0.0928. The number of aromatic nitrogens is 5. The summed E-state index contributed by atoms with van der Waals surface area (Å²) in [5.41, 5.74) is 4.68. The number of anilines is 1. The Morgan fingerprint density at radius 3 is 2.82 bits per heavy atom. The van der Waals surface area contributed by atoms with Crippen LogP contribution in [0.5, 0.6) is 0 Å². The summed E-state index contributed by atoms with van der Waals surface area (Å²) >= 11 is 0. The Bertz CT molecular complexity index is 1470. The van der Waals surface area contributed by atoms with Crippen LogP contribution in [0.3, 0.4) is 0 Å². The maximum Gasteiger partial charge on any atom is 0.274 e. The van der Waals surface area contributed by atoms with Gasteiger partial charge in [0.2, 0.25) is 0 Å². The van der Waals surface area contributed by atoms with Crippen LogP contribution < -0.4 is 5.32 Å². The van der Waals surface area contributed by atoms with E-state index in [0.717, 1.165) is 46.5 Å². The Morgan fingerprint density at radius 2 is 2.08 bits per heavy atom. The van der Waals surface area contributed by atoms with Crippen LogP contribution in [0.15, 0.2) is 48.9 Å². The number of aryl methyl sites for hydroxylation is 1. The molecule has 1 aliphatic heterocycles. The number of carbonyl (C=O) groups excluding carboxylic acids is 1. The van der Waals surface area contributed by atoms with Gasteiger partial charge < -0.3 is 14.9 Å². The zero-order chi connectivity index (χ0) is 26.4. The van der Waals surface area contributed by atoms with Crippen molar-refractivity contribution in [3.05, 3.63) is 71.6 Å². The fraction of sp³-hybridized carbons (Fsp3) is 0.448. The summed E-state index contributed by atoms with van der Waals surface area (Å²) in [4.78, 5) is 23.6. The van der Waals surface area contributed by atoms with Crippen molar-refractivity contribution in [1.82, 2.24) is 29.6 Å². The van der Waals surface area contributed by atoms with Crippen LogP contribution in [0.1, 0.15) is 60.5 Å². The molecule has 0 bridgehead atoms. The Morgan fingerprint density at radius 1 is 1.24 bits per heavy atom. The molecule has 0 unspecified atom stereocenters. The molecule has 3 aromatic heterocycles. The van der Waals surface area contributed by atoms with Crippen molar-refractivity contribution in [3.8, 4) is 0 Å². The summed E-state index contributed by atoms with van der Waals surface area (Å²) in [6, 6.07) is 11.8. The molecule has 2 fully saturated rings. The van der Waals surface area contributed by atoms with E-state index in [2.05, 4.69) is 49.4 Å². The highest BCUT2D eigenvalue weighted by Crippen LogP contribution is 2.51. The maximum atomic E-state index is 14.0. The minimum absolute atomic E-state index is 0.00302. The second-order valence-electron chi connectivity index (χ2n) is 11.3. The van der Waals surface area contributed by atoms with Gasteiger partial charge in [-0.25, -0.2) is 9.37 Å². The summed E-state index contributed by atoms with van der Waals surface area (Å²) in [5.74, 6) is 1.30. The van der Waals surface area contributed by atoms with Gasteiger partial charge in [0.05, 0.1) is 16.4 Å². The number of likely N-dealkylation sites (tertiary alicyclic amines) is 1. The number of pyridine rings is 1. The Kier molecular flexibility index (Phi) is 6.26. The van der Waals surface area contributed by atoms with Crippen molar-refractivity contribution >= 4 is 22.6 Å². The molecule has 1 aliphatic carbocycles. The quantitative estimate of drug-likeness (QED) is 0.383. The lowest BCUT2D eigenvalue weighted by Gasteiger charge is -2.46. The number of benzene rings is 1. The molecular formula is C29H34FN7O. The van der Waals surface area contributed by atoms with Gasteiger partial charge in [0, 0.05) is 44.5 Å². The highest BCUT2D eigenvalue weighted by molar-refractivity contribution is 6.04. The van der Waals surface area contributed by atoms with Crippen LogP contribution in [-0.4, -0.2) is 54.8 Å². The van der Waals surface area contributed by atoms with Gasteiger partial charge in [0.25, 0.3) is 5.91 Å². The van der Waals surface area contributed by atoms with Crippen molar-refractivity contribution in [2.75, 3.05) is 18.4 Å². The van der Waals surface area contributed by atoms with Crippen molar-refractivity contribution in [2.24, 2.45) is 18.9 Å². The smallest absolute Gasteiger partial charge is 0.274 e. The predicted molar refractivity (Wildman–Crippen MR) is 145 cm³/mol. The highest BCUT2D eigenvalue weighted by Gasteiger charge is 2.48. The van der Waals surface area contributed by atoms with Crippen LogP contribution in [0.25, 0.3) is 11.0 Å². The molecule has 6 rings (SSSR count). The number of alkyl halides is 1. The van der Waals surface area contributed by atoms with Gasteiger partial charge in [-0.2, -0.15) is 0 Å². The number of nitrogens with zero attached hydrogens (tertiary/aromatic N) is 5. The minimum atomic E-state index is -0.748. The van der Waals surface area contributed by atoms with E-state index in [4.69, 9.17) is 0 Å². The fourth-order valence-electron chi connectivity index (χ4n) is 6.42. The van der Waals surface area contributed by atoms with Crippen LogP contribution >= 0.6 is 0 Å². The van der Waals surface area contributed by atoms with Gasteiger partial charge in [-0.1, -0.05) is 26.0 Å². The number of carbonyl (C=O) groups is 1. The number of H-pyrrole nitrogens is 1. The van der Waals surface area contributed by atoms with Gasteiger partial charge >= 0.3 is 0 Å². The van der Waals surface area contributed by atoms with Gasteiger partial charge in [-0.15, -0.1) is 10.2 Å². The van der Waals surface area contributed by atoms with E-state index < -0.39 is 6.17 Å². The number of hydrogen-bond donors (Lipinski definition) is 2. The first-order chi connectivity index (χ1) is 18.3. The van der Waals surface area contributed by atoms with E-state index in [1.54, 1.807) is 6.33 Å². The maximum absolute atomic E-state index is 14.0. The SMILES string of the molecule is CC1CC(c2cccc(NC(=O)c3cc(CN4CC[C@H](F)[C@H](C)C4)c4[nH]ccc4n3)c2)(c2nncn2C)C1. The van der Waals surface area contributed by atoms with Crippen molar-refractivity contribution in [1.29, 1.82) is 0 Å². The molecule has 2 N–H and O–H groups in total. The van der Waals surface area contributed by atoms with Crippen molar-refractivity contribution in [3.63, 3.8) is 0 Å². The number of rotatable bonds is 6. The minimum Gasteiger partial charge on any atom is -0.360 e. The third-order valence-corrected chi connectivity index (χ3v) is 8.32. The summed E-state index contributed by atoms with van der Waals surface area (Å²) in [5, 5.41) is 11.6. The molecule has 1 saturated carbocycles. The van der Waals surface area contributed by atoms with E-state index in [-0.39, 0.29) is 17.2 Å². The van der Waals surface area contributed by atoms with Gasteiger partial charge in [0.1, 0.15) is 24.0 Å². The number of halogens is 1. The Balaban J connectivity index is 1.25. The normalized spacial score (nSPS) is 25.8. The molecule has 198 valence electrons. The van der Waals surface area contributed by atoms with E-state index in [9.17, 15) is 9.18 Å². The summed E-state index contributed by atoms with van der Waals surface area (Å²) in [6.45, 7) is 6.26. The third kappa shape index (κ3) is 4.38. The van der Waals surface area contributed by atoms with E-state index in [0.29, 0.717) is 37.7 Å². The molecule has 9 heteroatoms. The topological polar surface area (TPSA) is 91.7 Å². The van der Waals surface area contributed by atoms with Gasteiger partial charge in [-0.05, 0) is 60.6 Å². The van der Waals surface area contributed by atoms with Crippen LogP contribution in [0, 0.1) is 11.8 Å². The van der Waals surface area contributed by atoms with Gasteiger partial charge in [-0.3, -0.25) is 9.69 Å². The molecule has 8 nitrogen and oxygen atoms in total. The number of hydrogen-bond acceptors (Lipinski definition) is 5. The van der Waals surface area contributed by atoms with E-state index in [1.807, 2.05) is 49.0 Å². The average Bonchev–Trinajstić information content (AvgIpc) is 3.53. The van der Waals surface area contributed by atoms with E-state index in [1.165, 1.54) is 0 Å². The molecule has 1 saturated heterocycles. The first-order valence-electron chi connectivity index (χ1n) is 13.4. The molecule has 4 aromatic rings. The standard InChI is InChI=1S/C29H34FN7O/c1-18-13-29(14-18,28-35-32-17-36(28)3)21-5-4-6-22(12-21)33-27(38)25-11-20(26-24(34-25)7-9-31-26)16-37-10-8-23(30)19(2)15-37/h4-7,9,11-12,17-19,23,31H,8,10,13-16H2,1-3H3,(H,33,38)/t18?,19-,23+,29?/m1/s1. The number of aromatic amines is 1. The second-order valence-corrected chi connectivity index (χ2v) is 11.3. The van der Waals surface area contributed by atoms with Crippen molar-refractivity contribution < 1.29 is 9.18 Å². The number of fused-ring (bicyclic) bond motifs is 1. The molecule has 2 aliphatic rings. The summed E-state index contributed by atoms with van der Waals surface area (Å²) in [6.07, 6.45) is 5.36. The largest absolute Gasteiger partial charge is 0.360 e. The third-order valence-electron chi connectivity index (χ3n) is 8.32. The van der Waals surface area contributed by atoms with Crippen LogP contribution in [0.2, 0.25) is 0 Å². The molecule has 1 aromatic carbocycles. The molecule has 0 spiro atoms. The molecule has 1 amide bonds.